The summed E-state index contributed by atoms with van der Waals surface area (Å²) in [6.07, 6.45) is 7.52. The molecule has 4 heteroatoms. The molecule has 0 amide bonds. The van der Waals surface area contributed by atoms with Crippen LogP contribution >= 0.6 is 11.6 Å². The van der Waals surface area contributed by atoms with E-state index in [1.165, 1.54) is 19.3 Å². The number of nitrogens with zero attached hydrogens (tertiary/aromatic N) is 1. The molecule has 20 heavy (non-hydrogen) atoms. The maximum absolute atomic E-state index is 6.41. The SMILES string of the molecule is NC1(COc2ccnc3cc(Cl)ccc23)CCCCC1. The van der Waals surface area contributed by atoms with Gasteiger partial charge >= 0.3 is 0 Å². The monoisotopic (exact) mass is 290 g/mol. The minimum absolute atomic E-state index is 0.180. The van der Waals surface area contributed by atoms with Gasteiger partial charge in [-0.2, -0.15) is 0 Å². The fourth-order valence-corrected chi connectivity index (χ4v) is 3.01. The lowest BCUT2D eigenvalue weighted by Gasteiger charge is -2.33. The van der Waals surface area contributed by atoms with Crippen molar-refractivity contribution in [2.24, 2.45) is 5.73 Å². The molecule has 1 aromatic carbocycles. The van der Waals surface area contributed by atoms with Gasteiger partial charge in [-0.05, 0) is 37.1 Å². The first-order valence-electron chi connectivity index (χ1n) is 7.12. The van der Waals surface area contributed by atoms with E-state index in [4.69, 9.17) is 22.1 Å². The van der Waals surface area contributed by atoms with E-state index in [0.29, 0.717) is 11.6 Å². The highest BCUT2D eigenvalue weighted by Gasteiger charge is 2.28. The van der Waals surface area contributed by atoms with Crippen LogP contribution in [0.2, 0.25) is 5.02 Å². The molecule has 3 nitrogen and oxygen atoms in total. The van der Waals surface area contributed by atoms with Gasteiger partial charge in [-0.25, -0.2) is 0 Å². The third-order valence-electron chi connectivity index (χ3n) is 4.03. The van der Waals surface area contributed by atoms with E-state index in [1.54, 1.807) is 6.20 Å². The molecule has 2 aromatic rings. The Morgan fingerprint density at radius 1 is 1.20 bits per heavy atom. The van der Waals surface area contributed by atoms with E-state index in [9.17, 15) is 0 Å². The molecule has 0 saturated heterocycles. The number of ether oxygens (including phenoxy) is 1. The third-order valence-corrected chi connectivity index (χ3v) is 4.26. The average Bonchev–Trinajstić information content (AvgIpc) is 2.45. The van der Waals surface area contributed by atoms with Gasteiger partial charge in [0.15, 0.2) is 0 Å². The summed E-state index contributed by atoms with van der Waals surface area (Å²) in [6.45, 7) is 0.564. The molecule has 0 spiro atoms. The number of halogens is 1. The molecule has 0 atom stereocenters. The number of hydrogen-bond donors (Lipinski definition) is 1. The third kappa shape index (κ3) is 2.89. The molecule has 1 aliphatic rings. The summed E-state index contributed by atoms with van der Waals surface area (Å²) in [5.41, 5.74) is 7.08. The summed E-state index contributed by atoms with van der Waals surface area (Å²) in [4.78, 5) is 4.32. The van der Waals surface area contributed by atoms with Crippen molar-refractivity contribution < 1.29 is 4.74 Å². The second-order valence-corrected chi connectivity index (χ2v) is 6.12. The fraction of sp³-hybridized carbons (Fsp3) is 0.438. The number of benzene rings is 1. The van der Waals surface area contributed by atoms with Crippen molar-refractivity contribution in [3.05, 3.63) is 35.5 Å². The highest BCUT2D eigenvalue weighted by atomic mass is 35.5. The number of pyridine rings is 1. The number of nitrogens with two attached hydrogens (primary N) is 1. The van der Waals surface area contributed by atoms with Crippen LogP contribution in [-0.2, 0) is 0 Å². The van der Waals surface area contributed by atoms with Gasteiger partial charge in [-0.15, -0.1) is 0 Å². The van der Waals surface area contributed by atoms with Crippen LogP contribution in [0.4, 0.5) is 0 Å². The van der Waals surface area contributed by atoms with Gasteiger partial charge in [0.2, 0.25) is 0 Å². The van der Waals surface area contributed by atoms with E-state index < -0.39 is 0 Å². The molecule has 0 radical (unpaired) electrons. The molecule has 1 heterocycles. The van der Waals surface area contributed by atoms with E-state index in [-0.39, 0.29) is 5.54 Å². The molecule has 2 N–H and O–H groups in total. The summed E-state index contributed by atoms with van der Waals surface area (Å²) in [5.74, 6) is 0.835. The molecule has 1 aromatic heterocycles. The van der Waals surface area contributed by atoms with Gasteiger partial charge in [-0.1, -0.05) is 30.9 Å². The Bertz CT molecular complexity index is 608. The summed E-state index contributed by atoms with van der Waals surface area (Å²) in [5, 5.41) is 1.67. The molecule has 1 aliphatic carbocycles. The fourth-order valence-electron chi connectivity index (χ4n) is 2.84. The van der Waals surface area contributed by atoms with Crippen LogP contribution < -0.4 is 10.5 Å². The molecule has 106 valence electrons. The minimum Gasteiger partial charge on any atom is -0.491 e. The maximum Gasteiger partial charge on any atom is 0.130 e. The normalized spacial score (nSPS) is 18.1. The predicted octanol–water partition coefficient (Wildman–Crippen LogP) is 3.93. The lowest BCUT2D eigenvalue weighted by molar-refractivity contribution is 0.175. The van der Waals surface area contributed by atoms with E-state index in [0.717, 1.165) is 29.5 Å². The lowest BCUT2D eigenvalue weighted by atomic mass is 9.83. The summed E-state index contributed by atoms with van der Waals surface area (Å²) in [6, 6.07) is 7.55. The zero-order chi connectivity index (χ0) is 14.0. The van der Waals surface area contributed by atoms with Gasteiger partial charge in [-0.3, -0.25) is 4.98 Å². The molecule has 0 aliphatic heterocycles. The van der Waals surface area contributed by atoms with E-state index in [1.807, 2.05) is 24.3 Å². The van der Waals surface area contributed by atoms with Gasteiger partial charge in [0.05, 0.1) is 11.1 Å². The zero-order valence-corrected chi connectivity index (χ0v) is 12.2. The molecule has 3 rings (SSSR count). The molecule has 0 unspecified atom stereocenters. The van der Waals surface area contributed by atoms with Crippen molar-refractivity contribution >= 4 is 22.5 Å². The Hall–Kier alpha value is -1.32. The molecular weight excluding hydrogens is 272 g/mol. The van der Waals surface area contributed by atoms with Crippen molar-refractivity contribution in [1.29, 1.82) is 0 Å². The first kappa shape index (κ1) is 13.7. The van der Waals surface area contributed by atoms with E-state index >= 15 is 0 Å². The summed E-state index contributed by atoms with van der Waals surface area (Å²) >= 11 is 5.99. The highest BCUT2D eigenvalue weighted by Crippen LogP contribution is 2.30. The van der Waals surface area contributed by atoms with Crippen LogP contribution in [0.5, 0.6) is 5.75 Å². The van der Waals surface area contributed by atoms with Crippen LogP contribution in [-0.4, -0.2) is 17.1 Å². The van der Waals surface area contributed by atoms with Crippen LogP contribution in [0.1, 0.15) is 32.1 Å². The van der Waals surface area contributed by atoms with Crippen molar-refractivity contribution in [3.8, 4) is 5.75 Å². The average molecular weight is 291 g/mol. The van der Waals surface area contributed by atoms with Gasteiger partial charge in [0.25, 0.3) is 0 Å². The maximum atomic E-state index is 6.41. The Balaban J connectivity index is 1.80. The van der Waals surface area contributed by atoms with Crippen molar-refractivity contribution in [3.63, 3.8) is 0 Å². The molecule has 1 saturated carbocycles. The second-order valence-electron chi connectivity index (χ2n) is 5.68. The number of rotatable bonds is 3. The standard InChI is InChI=1S/C16H19ClN2O/c17-12-4-5-13-14(10-12)19-9-6-15(13)20-11-16(18)7-2-1-3-8-16/h4-6,9-10H,1-3,7-8,11,18H2. The zero-order valence-electron chi connectivity index (χ0n) is 11.4. The Morgan fingerprint density at radius 2 is 2.00 bits per heavy atom. The Morgan fingerprint density at radius 3 is 2.80 bits per heavy atom. The van der Waals surface area contributed by atoms with Crippen molar-refractivity contribution in [1.82, 2.24) is 4.98 Å². The topological polar surface area (TPSA) is 48.1 Å². The Kier molecular flexibility index (Phi) is 3.81. The van der Waals surface area contributed by atoms with Gasteiger partial charge in [0.1, 0.15) is 12.4 Å². The van der Waals surface area contributed by atoms with Crippen LogP contribution in [0.25, 0.3) is 10.9 Å². The van der Waals surface area contributed by atoms with Crippen molar-refractivity contribution in [2.45, 2.75) is 37.6 Å². The largest absolute Gasteiger partial charge is 0.491 e. The first-order chi connectivity index (χ1) is 9.66. The quantitative estimate of drug-likeness (QED) is 0.932. The van der Waals surface area contributed by atoms with Crippen LogP contribution in [0, 0.1) is 0 Å². The predicted molar refractivity (Wildman–Crippen MR) is 82.3 cm³/mol. The van der Waals surface area contributed by atoms with Gasteiger partial charge < -0.3 is 10.5 Å². The first-order valence-corrected chi connectivity index (χ1v) is 7.50. The summed E-state index contributed by atoms with van der Waals surface area (Å²) in [7, 11) is 0. The van der Waals surface area contributed by atoms with E-state index in [2.05, 4.69) is 4.98 Å². The van der Waals surface area contributed by atoms with Crippen LogP contribution in [0.3, 0.4) is 0 Å². The molecule has 0 bridgehead atoms. The van der Waals surface area contributed by atoms with Gasteiger partial charge in [0, 0.05) is 16.6 Å². The van der Waals surface area contributed by atoms with Crippen molar-refractivity contribution in [2.75, 3.05) is 6.61 Å². The molecular formula is C16H19ClN2O. The smallest absolute Gasteiger partial charge is 0.130 e. The second kappa shape index (κ2) is 5.58. The highest BCUT2D eigenvalue weighted by molar-refractivity contribution is 6.31. The Labute approximate surface area is 124 Å². The minimum atomic E-state index is -0.180. The number of hydrogen-bond acceptors (Lipinski definition) is 3. The molecule has 1 fully saturated rings. The number of fused-ring (bicyclic) bond motifs is 1. The lowest BCUT2D eigenvalue weighted by Crippen LogP contribution is -2.47. The number of aromatic nitrogens is 1. The van der Waals surface area contributed by atoms with Crippen LogP contribution in [0.15, 0.2) is 30.5 Å². The summed E-state index contributed by atoms with van der Waals surface area (Å²) < 4.78 is 5.99.